The Morgan fingerprint density at radius 3 is 2.71 bits per heavy atom. The summed E-state index contributed by atoms with van der Waals surface area (Å²) in [5.41, 5.74) is 2.15. The number of aliphatic hydroxyl groups is 3. The Labute approximate surface area is 229 Å². The molecule has 0 amide bonds. The molecule has 0 spiro atoms. The Kier molecular flexibility index (Phi) is 10.4. The SMILES string of the molecule is C=C1/C(=C\C=C2/CCC[C@]3(C)[C@@H]([C@H](C)CC#CC(C)(C)O)CC[C@@H]23)C[C@@H](O)[C@H](OCCC(=O)OCC)[C@@H]1O. The van der Waals surface area contributed by atoms with Crippen molar-refractivity contribution in [3.63, 3.8) is 0 Å². The standard InChI is InChI=1S/C32H48O6/c1-7-37-28(34)16-19-38-30-27(33)20-24(22(3)29(30)35)13-12-23-11-9-18-32(6)25(14-15-26(23)32)21(2)10-8-17-31(4,5)36/h12-13,21,25-27,29-30,33,35-36H,3,7,9-11,14-16,18-20H2,1-2,4-6H3/b23-12+,24-13-/t21-,25-,26+,27-,29-,30+,32-/m1/s1. The van der Waals surface area contributed by atoms with Gasteiger partial charge < -0.3 is 24.8 Å². The van der Waals surface area contributed by atoms with Gasteiger partial charge in [-0.2, -0.15) is 0 Å². The number of allylic oxidation sites excluding steroid dienone is 3. The fourth-order valence-corrected chi connectivity index (χ4v) is 6.95. The Balaban J connectivity index is 1.66. The normalized spacial score (nSPS) is 34.5. The van der Waals surface area contributed by atoms with Crippen molar-refractivity contribution >= 4 is 5.97 Å². The van der Waals surface area contributed by atoms with Crippen LogP contribution in [-0.2, 0) is 14.3 Å². The maximum atomic E-state index is 11.6. The van der Waals surface area contributed by atoms with Gasteiger partial charge in [0.15, 0.2) is 0 Å². The molecule has 212 valence electrons. The largest absolute Gasteiger partial charge is 0.466 e. The monoisotopic (exact) mass is 528 g/mol. The fourth-order valence-electron chi connectivity index (χ4n) is 6.95. The molecule has 0 radical (unpaired) electrons. The van der Waals surface area contributed by atoms with Gasteiger partial charge >= 0.3 is 5.97 Å². The van der Waals surface area contributed by atoms with Gasteiger partial charge in [0.05, 0.1) is 25.7 Å². The lowest BCUT2D eigenvalue weighted by Gasteiger charge is -2.44. The van der Waals surface area contributed by atoms with Crippen molar-refractivity contribution in [3.05, 3.63) is 35.5 Å². The number of hydrogen-bond donors (Lipinski definition) is 3. The summed E-state index contributed by atoms with van der Waals surface area (Å²) in [6.07, 6.45) is 8.58. The summed E-state index contributed by atoms with van der Waals surface area (Å²) in [4.78, 5) is 11.6. The summed E-state index contributed by atoms with van der Waals surface area (Å²) in [6.45, 7) is 14.4. The lowest BCUT2D eigenvalue weighted by molar-refractivity contribution is -0.147. The molecule has 6 heteroatoms. The molecule has 0 unspecified atom stereocenters. The van der Waals surface area contributed by atoms with Gasteiger partial charge in [0.25, 0.3) is 0 Å². The summed E-state index contributed by atoms with van der Waals surface area (Å²) in [5, 5.41) is 31.4. The van der Waals surface area contributed by atoms with Crippen molar-refractivity contribution in [1.82, 2.24) is 0 Å². The van der Waals surface area contributed by atoms with Gasteiger partial charge in [-0.1, -0.05) is 44.1 Å². The molecular formula is C32H48O6. The average Bonchev–Trinajstić information content (AvgIpc) is 3.19. The van der Waals surface area contributed by atoms with Crippen LogP contribution in [0.3, 0.4) is 0 Å². The first-order valence-corrected chi connectivity index (χ1v) is 14.3. The Bertz CT molecular complexity index is 976. The van der Waals surface area contributed by atoms with Crippen LogP contribution in [0.4, 0.5) is 0 Å². The number of ether oxygens (including phenoxy) is 2. The number of hydrogen-bond acceptors (Lipinski definition) is 6. The van der Waals surface area contributed by atoms with E-state index in [-0.39, 0.29) is 24.4 Å². The van der Waals surface area contributed by atoms with Gasteiger partial charge in [0.2, 0.25) is 0 Å². The molecule has 0 aromatic rings. The summed E-state index contributed by atoms with van der Waals surface area (Å²) in [7, 11) is 0. The minimum Gasteiger partial charge on any atom is -0.466 e. The Morgan fingerprint density at radius 1 is 1.29 bits per heavy atom. The van der Waals surface area contributed by atoms with E-state index in [2.05, 4.69) is 38.3 Å². The van der Waals surface area contributed by atoms with E-state index in [0.717, 1.165) is 24.8 Å². The predicted octanol–water partition coefficient (Wildman–Crippen LogP) is 4.88. The molecule has 3 aliphatic carbocycles. The van der Waals surface area contributed by atoms with Crippen LogP contribution in [0.1, 0.15) is 86.0 Å². The zero-order valence-corrected chi connectivity index (χ0v) is 24.0. The van der Waals surface area contributed by atoms with Gasteiger partial charge in [-0.15, -0.1) is 5.92 Å². The first kappa shape index (κ1) is 30.6. The summed E-state index contributed by atoms with van der Waals surface area (Å²) in [5.74, 6) is 7.43. The fraction of sp³-hybridized carbons (Fsp3) is 0.719. The summed E-state index contributed by atoms with van der Waals surface area (Å²) < 4.78 is 10.6. The first-order valence-electron chi connectivity index (χ1n) is 14.3. The Morgan fingerprint density at radius 2 is 2.03 bits per heavy atom. The van der Waals surface area contributed by atoms with Gasteiger partial charge in [0, 0.05) is 12.8 Å². The predicted molar refractivity (Wildman–Crippen MR) is 149 cm³/mol. The first-order chi connectivity index (χ1) is 17.9. The van der Waals surface area contributed by atoms with Crippen molar-refractivity contribution in [3.8, 4) is 11.8 Å². The molecule has 3 aliphatic rings. The third-order valence-electron chi connectivity index (χ3n) is 8.85. The molecule has 0 aromatic heterocycles. The van der Waals surface area contributed by atoms with Crippen molar-refractivity contribution in [1.29, 1.82) is 0 Å². The van der Waals surface area contributed by atoms with E-state index >= 15 is 0 Å². The lowest BCUT2D eigenvalue weighted by Crippen LogP contribution is -2.45. The van der Waals surface area contributed by atoms with Crippen molar-refractivity contribution in [2.45, 2.75) is 110 Å². The molecule has 0 aliphatic heterocycles. The number of aliphatic hydroxyl groups excluding tert-OH is 2. The molecule has 0 aromatic carbocycles. The highest BCUT2D eigenvalue weighted by Gasteiger charge is 2.50. The highest BCUT2D eigenvalue weighted by Crippen LogP contribution is 2.59. The van der Waals surface area contributed by atoms with Crippen LogP contribution in [0.15, 0.2) is 35.5 Å². The lowest BCUT2D eigenvalue weighted by atomic mass is 9.61. The van der Waals surface area contributed by atoms with E-state index in [4.69, 9.17) is 9.47 Å². The Hall–Kier alpha value is -1.91. The zero-order valence-electron chi connectivity index (χ0n) is 24.0. The van der Waals surface area contributed by atoms with Gasteiger partial charge in [0.1, 0.15) is 17.8 Å². The zero-order chi connectivity index (χ0) is 28.1. The van der Waals surface area contributed by atoms with Crippen LogP contribution in [0.5, 0.6) is 0 Å². The van der Waals surface area contributed by atoms with E-state index in [9.17, 15) is 20.1 Å². The molecular weight excluding hydrogens is 480 g/mol. The second-order valence-corrected chi connectivity index (χ2v) is 12.2. The molecule has 6 nitrogen and oxygen atoms in total. The van der Waals surface area contributed by atoms with Gasteiger partial charge in [-0.25, -0.2) is 0 Å². The van der Waals surface area contributed by atoms with Gasteiger partial charge in [-0.05, 0) is 87.2 Å². The molecule has 3 saturated carbocycles. The molecule has 0 heterocycles. The van der Waals surface area contributed by atoms with E-state index in [1.54, 1.807) is 20.8 Å². The molecule has 7 atom stereocenters. The molecule has 3 rings (SSSR count). The van der Waals surface area contributed by atoms with Gasteiger partial charge in [-0.3, -0.25) is 4.79 Å². The highest BCUT2D eigenvalue weighted by molar-refractivity contribution is 5.69. The molecule has 38 heavy (non-hydrogen) atoms. The number of esters is 1. The molecule has 0 bridgehead atoms. The number of fused-ring (bicyclic) bond motifs is 1. The minimum atomic E-state index is -1.02. The quantitative estimate of drug-likeness (QED) is 0.307. The van der Waals surface area contributed by atoms with E-state index < -0.39 is 23.9 Å². The second kappa shape index (κ2) is 13.0. The highest BCUT2D eigenvalue weighted by atomic mass is 16.5. The van der Waals surface area contributed by atoms with E-state index in [1.807, 2.05) is 6.08 Å². The third-order valence-corrected chi connectivity index (χ3v) is 8.85. The van der Waals surface area contributed by atoms with Crippen LogP contribution >= 0.6 is 0 Å². The maximum absolute atomic E-state index is 11.6. The van der Waals surface area contributed by atoms with Crippen molar-refractivity contribution in [2.75, 3.05) is 13.2 Å². The molecule has 3 N–H and O–H groups in total. The van der Waals surface area contributed by atoms with E-state index in [1.165, 1.54) is 24.8 Å². The average molecular weight is 529 g/mol. The van der Waals surface area contributed by atoms with Crippen molar-refractivity contribution in [2.24, 2.45) is 23.2 Å². The van der Waals surface area contributed by atoms with Crippen LogP contribution in [0, 0.1) is 35.0 Å². The maximum Gasteiger partial charge on any atom is 0.308 e. The molecule has 0 saturated heterocycles. The van der Waals surface area contributed by atoms with Crippen LogP contribution in [0.2, 0.25) is 0 Å². The third kappa shape index (κ3) is 7.39. The summed E-state index contributed by atoms with van der Waals surface area (Å²) >= 11 is 0. The van der Waals surface area contributed by atoms with Crippen LogP contribution in [0.25, 0.3) is 0 Å². The van der Waals surface area contributed by atoms with Crippen LogP contribution in [-0.4, -0.2) is 58.4 Å². The van der Waals surface area contributed by atoms with Crippen molar-refractivity contribution < 1.29 is 29.6 Å². The smallest absolute Gasteiger partial charge is 0.308 e. The van der Waals surface area contributed by atoms with Crippen LogP contribution < -0.4 is 0 Å². The number of carbonyl (C=O) groups is 1. The minimum absolute atomic E-state index is 0.0802. The summed E-state index contributed by atoms with van der Waals surface area (Å²) in [6, 6.07) is 0. The number of rotatable bonds is 8. The number of carbonyl (C=O) groups excluding carboxylic acids is 1. The molecule has 3 fully saturated rings. The topological polar surface area (TPSA) is 96.2 Å². The van der Waals surface area contributed by atoms with E-state index in [0.29, 0.717) is 36.4 Å². The second-order valence-electron chi connectivity index (χ2n) is 12.2.